The van der Waals surface area contributed by atoms with Crippen molar-refractivity contribution in [3.8, 4) is 0 Å². The Labute approximate surface area is 111 Å². The number of H-pyrrole nitrogens is 1. The third kappa shape index (κ3) is 4.57. The number of carbonyl (C=O) groups is 2. The Bertz CT molecular complexity index is 508. The van der Waals surface area contributed by atoms with E-state index in [2.05, 4.69) is 15.6 Å². The molecule has 1 atom stereocenters. The predicted octanol–water partition coefficient (Wildman–Crippen LogP) is 0.265. The molecule has 3 N–H and O–H groups in total. The summed E-state index contributed by atoms with van der Waals surface area (Å²) < 4.78 is 0. The van der Waals surface area contributed by atoms with Gasteiger partial charge in [-0.25, -0.2) is 0 Å². The Balaban J connectivity index is 2.81. The largest absolute Gasteiger partial charge is 0.357 e. The van der Waals surface area contributed by atoms with Gasteiger partial charge in [0, 0.05) is 24.9 Å². The van der Waals surface area contributed by atoms with Gasteiger partial charge >= 0.3 is 0 Å². The molecule has 0 aliphatic rings. The molecule has 19 heavy (non-hydrogen) atoms. The highest BCUT2D eigenvalue weighted by Crippen LogP contribution is 2.06. The lowest BCUT2D eigenvalue weighted by Crippen LogP contribution is -2.46. The molecule has 0 aromatic carbocycles. The molecule has 1 rings (SSSR count). The van der Waals surface area contributed by atoms with E-state index in [9.17, 15) is 14.4 Å². The number of likely N-dealkylation sites (N-methyl/N-ethyl adjacent to an activating group) is 1. The quantitative estimate of drug-likeness (QED) is 0.713. The van der Waals surface area contributed by atoms with Crippen LogP contribution >= 0.6 is 0 Å². The van der Waals surface area contributed by atoms with Gasteiger partial charge in [-0.15, -0.1) is 0 Å². The highest BCUT2D eigenvalue weighted by Gasteiger charge is 2.21. The summed E-state index contributed by atoms with van der Waals surface area (Å²) in [6.45, 7) is 3.94. The average molecular weight is 265 g/mol. The van der Waals surface area contributed by atoms with E-state index in [1.54, 1.807) is 0 Å². The Morgan fingerprint density at radius 3 is 2.58 bits per heavy atom. The van der Waals surface area contributed by atoms with Crippen molar-refractivity contribution in [1.82, 2.24) is 15.6 Å². The first-order valence-electron chi connectivity index (χ1n) is 6.15. The molecular formula is C13H19N3O3. The molecule has 0 saturated carbocycles. The maximum Gasteiger partial charge on any atom is 0.252 e. The fourth-order valence-corrected chi connectivity index (χ4v) is 1.70. The fraction of sp³-hybridized carbons (Fsp3) is 0.462. The van der Waals surface area contributed by atoms with E-state index in [1.165, 1.54) is 25.4 Å². The first kappa shape index (κ1) is 14.9. The molecule has 0 bridgehead atoms. The van der Waals surface area contributed by atoms with Gasteiger partial charge < -0.3 is 15.6 Å². The van der Waals surface area contributed by atoms with Crippen LogP contribution in [0.2, 0.25) is 0 Å². The molecule has 6 nitrogen and oxygen atoms in total. The van der Waals surface area contributed by atoms with Crippen molar-refractivity contribution in [2.24, 2.45) is 5.92 Å². The molecule has 1 heterocycles. The third-order valence-electron chi connectivity index (χ3n) is 2.61. The monoisotopic (exact) mass is 265 g/mol. The smallest absolute Gasteiger partial charge is 0.252 e. The minimum atomic E-state index is -0.600. The lowest BCUT2D eigenvalue weighted by molar-refractivity contribution is -0.122. The van der Waals surface area contributed by atoms with E-state index in [-0.39, 0.29) is 22.9 Å². The SMILES string of the molecule is CNC(=O)C(CC(C)C)NC(=O)c1cc[nH]c(=O)c1. The Morgan fingerprint density at radius 1 is 1.37 bits per heavy atom. The molecule has 0 fully saturated rings. The number of carbonyl (C=O) groups excluding carboxylic acids is 2. The van der Waals surface area contributed by atoms with Crippen LogP contribution in [0.5, 0.6) is 0 Å². The highest BCUT2D eigenvalue weighted by atomic mass is 16.2. The summed E-state index contributed by atoms with van der Waals surface area (Å²) in [6.07, 6.45) is 1.93. The number of amides is 2. The van der Waals surface area contributed by atoms with Gasteiger partial charge in [0.2, 0.25) is 11.5 Å². The molecule has 104 valence electrons. The van der Waals surface area contributed by atoms with Gasteiger partial charge in [0.25, 0.3) is 5.91 Å². The van der Waals surface area contributed by atoms with Crippen molar-refractivity contribution >= 4 is 11.8 Å². The van der Waals surface area contributed by atoms with Gasteiger partial charge in [0.1, 0.15) is 6.04 Å². The van der Waals surface area contributed by atoms with Gasteiger partial charge in [-0.05, 0) is 18.4 Å². The van der Waals surface area contributed by atoms with Gasteiger partial charge in [-0.2, -0.15) is 0 Å². The molecule has 0 saturated heterocycles. The van der Waals surface area contributed by atoms with Crippen LogP contribution in [0, 0.1) is 5.92 Å². The van der Waals surface area contributed by atoms with Gasteiger partial charge in [-0.1, -0.05) is 13.8 Å². The number of aromatic amines is 1. The Kier molecular flexibility index (Phi) is 5.29. The van der Waals surface area contributed by atoms with Crippen molar-refractivity contribution in [3.05, 3.63) is 34.2 Å². The summed E-state index contributed by atoms with van der Waals surface area (Å²) >= 11 is 0. The van der Waals surface area contributed by atoms with Crippen molar-refractivity contribution < 1.29 is 9.59 Å². The molecule has 0 spiro atoms. The first-order valence-corrected chi connectivity index (χ1v) is 6.15. The fourth-order valence-electron chi connectivity index (χ4n) is 1.70. The van der Waals surface area contributed by atoms with E-state index in [4.69, 9.17) is 0 Å². The highest BCUT2D eigenvalue weighted by molar-refractivity contribution is 5.97. The lowest BCUT2D eigenvalue weighted by atomic mass is 10.0. The minimum absolute atomic E-state index is 0.237. The zero-order valence-corrected chi connectivity index (χ0v) is 11.3. The van der Waals surface area contributed by atoms with Gasteiger partial charge in [-0.3, -0.25) is 14.4 Å². The molecule has 2 amide bonds. The number of hydrogen-bond acceptors (Lipinski definition) is 3. The van der Waals surface area contributed by atoms with Gasteiger partial charge in [0.15, 0.2) is 0 Å². The molecular weight excluding hydrogens is 246 g/mol. The number of aromatic nitrogens is 1. The standard InChI is InChI=1S/C13H19N3O3/c1-8(2)6-10(13(19)14-3)16-12(18)9-4-5-15-11(17)7-9/h4-5,7-8,10H,6H2,1-3H3,(H,14,19)(H,15,17)(H,16,18). The number of nitrogens with one attached hydrogen (secondary N) is 3. The molecule has 1 unspecified atom stereocenters. The summed E-state index contributed by atoms with van der Waals surface area (Å²) in [4.78, 5) is 37.2. The number of pyridine rings is 1. The summed E-state index contributed by atoms with van der Waals surface area (Å²) in [7, 11) is 1.52. The summed E-state index contributed by atoms with van der Waals surface area (Å²) in [5, 5.41) is 5.16. The second-order valence-corrected chi connectivity index (χ2v) is 4.71. The van der Waals surface area contributed by atoms with Crippen molar-refractivity contribution in [2.75, 3.05) is 7.05 Å². The predicted molar refractivity (Wildman–Crippen MR) is 71.8 cm³/mol. The molecule has 0 radical (unpaired) electrons. The molecule has 0 aliphatic heterocycles. The zero-order valence-electron chi connectivity index (χ0n) is 11.3. The average Bonchev–Trinajstić information content (AvgIpc) is 2.36. The van der Waals surface area contributed by atoms with Gasteiger partial charge in [0.05, 0.1) is 0 Å². The first-order chi connectivity index (χ1) is 8.93. The summed E-state index contributed by atoms with van der Waals surface area (Å²) in [5.74, 6) is -0.408. The molecule has 0 aliphatic carbocycles. The van der Waals surface area contributed by atoms with Crippen LogP contribution in [0.1, 0.15) is 30.6 Å². The second kappa shape index (κ2) is 6.72. The molecule has 6 heteroatoms. The maximum absolute atomic E-state index is 12.0. The van der Waals surface area contributed by atoms with Crippen LogP contribution in [-0.2, 0) is 4.79 Å². The van der Waals surface area contributed by atoms with Crippen molar-refractivity contribution in [3.63, 3.8) is 0 Å². The van der Waals surface area contributed by atoms with Crippen LogP contribution < -0.4 is 16.2 Å². The Hall–Kier alpha value is -2.11. The van der Waals surface area contributed by atoms with Crippen LogP contribution in [0.25, 0.3) is 0 Å². The third-order valence-corrected chi connectivity index (χ3v) is 2.61. The van der Waals surface area contributed by atoms with E-state index >= 15 is 0 Å². The topological polar surface area (TPSA) is 91.1 Å². The molecule has 1 aromatic rings. The van der Waals surface area contributed by atoms with E-state index < -0.39 is 11.9 Å². The van der Waals surface area contributed by atoms with E-state index in [1.807, 2.05) is 13.8 Å². The van der Waals surface area contributed by atoms with Crippen LogP contribution in [0.15, 0.2) is 23.1 Å². The minimum Gasteiger partial charge on any atom is -0.357 e. The number of rotatable bonds is 5. The normalized spacial score (nSPS) is 12.0. The van der Waals surface area contributed by atoms with Crippen molar-refractivity contribution in [2.45, 2.75) is 26.3 Å². The van der Waals surface area contributed by atoms with Crippen LogP contribution in [-0.4, -0.2) is 29.9 Å². The maximum atomic E-state index is 12.0. The van der Waals surface area contributed by atoms with Crippen molar-refractivity contribution in [1.29, 1.82) is 0 Å². The Morgan fingerprint density at radius 2 is 2.05 bits per heavy atom. The zero-order chi connectivity index (χ0) is 14.4. The van der Waals surface area contributed by atoms with Crippen LogP contribution in [0.3, 0.4) is 0 Å². The molecule has 1 aromatic heterocycles. The van der Waals surface area contributed by atoms with E-state index in [0.29, 0.717) is 6.42 Å². The lowest BCUT2D eigenvalue weighted by Gasteiger charge is -2.19. The summed E-state index contributed by atoms with van der Waals surface area (Å²) in [5.41, 5.74) is -0.116. The summed E-state index contributed by atoms with van der Waals surface area (Å²) in [6, 6.07) is 2.09. The van der Waals surface area contributed by atoms with E-state index in [0.717, 1.165) is 0 Å². The second-order valence-electron chi connectivity index (χ2n) is 4.71. The number of hydrogen-bond donors (Lipinski definition) is 3. The van der Waals surface area contributed by atoms with Crippen LogP contribution in [0.4, 0.5) is 0 Å².